The molecule has 4 atom stereocenters. The van der Waals surface area contributed by atoms with Gasteiger partial charge in [-0.25, -0.2) is 9.97 Å². The number of hydrogen-bond donors (Lipinski definition) is 5. The molecule has 2 aromatic heterocycles. The highest BCUT2D eigenvalue weighted by Gasteiger charge is 2.41. The van der Waals surface area contributed by atoms with Gasteiger partial charge < -0.3 is 30.8 Å². The van der Waals surface area contributed by atoms with Crippen LogP contribution in [0.4, 0.5) is 11.8 Å². The Bertz CT molecular complexity index is 683. The van der Waals surface area contributed by atoms with E-state index in [1.165, 1.54) is 12.5 Å². The molecule has 9 nitrogen and oxygen atoms in total. The standard InChI is InChI=1S/C13H16ClN5O4/c14-10-7(12-16-1-2-23-12)11(19-13(15)18-10)17-6-3-5(4-20)8(21)9(6)22/h1-2,5-6,8-9,20-22H,3-4H2,(H3,15,17,18,19)/t5-,6-,8-,9+/m1/s1. The van der Waals surface area contributed by atoms with E-state index in [2.05, 4.69) is 20.3 Å². The summed E-state index contributed by atoms with van der Waals surface area (Å²) >= 11 is 6.11. The predicted molar refractivity (Wildman–Crippen MR) is 81.6 cm³/mol. The average molecular weight is 342 g/mol. The van der Waals surface area contributed by atoms with Crippen molar-refractivity contribution < 1.29 is 19.7 Å². The fourth-order valence-electron chi connectivity index (χ4n) is 2.71. The molecule has 0 spiro atoms. The number of nitrogens with two attached hydrogens (primary N) is 1. The summed E-state index contributed by atoms with van der Waals surface area (Å²) < 4.78 is 5.23. The van der Waals surface area contributed by atoms with Gasteiger partial charge in [0, 0.05) is 12.5 Å². The Morgan fingerprint density at radius 2 is 2.13 bits per heavy atom. The second-order valence-corrected chi connectivity index (χ2v) is 5.70. The molecule has 1 fully saturated rings. The maximum absolute atomic E-state index is 10.1. The Hall–Kier alpha value is -1.94. The van der Waals surface area contributed by atoms with E-state index in [0.29, 0.717) is 12.0 Å². The smallest absolute Gasteiger partial charge is 0.232 e. The van der Waals surface area contributed by atoms with Crippen LogP contribution < -0.4 is 11.1 Å². The molecule has 6 N–H and O–H groups in total. The zero-order chi connectivity index (χ0) is 16.6. The minimum Gasteiger partial charge on any atom is -0.444 e. The molecule has 10 heteroatoms. The summed E-state index contributed by atoms with van der Waals surface area (Å²) in [5.74, 6) is -0.0501. The van der Waals surface area contributed by atoms with Gasteiger partial charge in [0.05, 0.1) is 18.3 Å². The van der Waals surface area contributed by atoms with Crippen molar-refractivity contribution in [2.24, 2.45) is 5.92 Å². The highest BCUT2D eigenvalue weighted by atomic mass is 35.5. The minimum absolute atomic E-state index is 0.0502. The van der Waals surface area contributed by atoms with Crippen LogP contribution in [0.2, 0.25) is 5.15 Å². The summed E-state index contributed by atoms with van der Waals surface area (Å²) in [5.41, 5.74) is 5.93. The lowest BCUT2D eigenvalue weighted by Crippen LogP contribution is -2.35. The Labute approximate surface area is 136 Å². The van der Waals surface area contributed by atoms with Crippen LogP contribution in [0, 0.1) is 5.92 Å². The minimum atomic E-state index is -1.07. The first-order valence-corrected chi connectivity index (χ1v) is 7.35. The first kappa shape index (κ1) is 15.9. The Morgan fingerprint density at radius 1 is 1.35 bits per heavy atom. The number of aromatic nitrogens is 3. The molecule has 1 aliphatic rings. The van der Waals surface area contributed by atoms with Gasteiger partial charge in [-0.15, -0.1) is 0 Å². The van der Waals surface area contributed by atoms with Gasteiger partial charge in [0.2, 0.25) is 11.8 Å². The first-order chi connectivity index (χ1) is 11.0. The molecule has 0 bridgehead atoms. The van der Waals surface area contributed by atoms with Crippen molar-refractivity contribution in [2.45, 2.75) is 24.7 Å². The lowest BCUT2D eigenvalue weighted by Gasteiger charge is -2.20. The van der Waals surface area contributed by atoms with Crippen LogP contribution in [0.1, 0.15) is 6.42 Å². The molecule has 0 aromatic carbocycles. The summed E-state index contributed by atoms with van der Waals surface area (Å²) in [4.78, 5) is 12.0. The van der Waals surface area contributed by atoms with E-state index >= 15 is 0 Å². The largest absolute Gasteiger partial charge is 0.444 e. The van der Waals surface area contributed by atoms with Gasteiger partial charge in [-0.2, -0.15) is 4.98 Å². The molecule has 2 heterocycles. The second-order valence-electron chi connectivity index (χ2n) is 5.34. The number of aliphatic hydroxyl groups excluding tert-OH is 3. The molecule has 2 aromatic rings. The molecule has 0 unspecified atom stereocenters. The summed E-state index contributed by atoms with van der Waals surface area (Å²) in [6.07, 6.45) is 1.08. The molecule has 3 rings (SSSR count). The van der Waals surface area contributed by atoms with Gasteiger partial charge in [-0.1, -0.05) is 11.6 Å². The zero-order valence-electron chi connectivity index (χ0n) is 11.9. The van der Waals surface area contributed by atoms with Crippen molar-refractivity contribution in [1.29, 1.82) is 0 Å². The summed E-state index contributed by atoms with van der Waals surface area (Å²) in [5, 5.41) is 32.3. The third-order valence-corrected chi connectivity index (χ3v) is 4.16. The maximum atomic E-state index is 10.1. The number of aliphatic hydroxyl groups is 3. The number of rotatable bonds is 4. The topological polar surface area (TPSA) is 151 Å². The molecular formula is C13H16ClN5O4. The van der Waals surface area contributed by atoms with Crippen LogP contribution in [0.5, 0.6) is 0 Å². The maximum Gasteiger partial charge on any atom is 0.232 e. The molecular weight excluding hydrogens is 326 g/mol. The van der Waals surface area contributed by atoms with E-state index in [1.807, 2.05) is 0 Å². The van der Waals surface area contributed by atoms with Gasteiger partial charge >= 0.3 is 0 Å². The fourth-order valence-corrected chi connectivity index (χ4v) is 2.97. The molecule has 0 amide bonds. The van der Waals surface area contributed by atoms with Gasteiger partial charge in [0.15, 0.2) is 0 Å². The third-order valence-electron chi connectivity index (χ3n) is 3.89. The molecule has 1 saturated carbocycles. The predicted octanol–water partition coefficient (Wildman–Crippen LogP) is -0.118. The van der Waals surface area contributed by atoms with Crippen LogP contribution in [-0.2, 0) is 0 Å². The Balaban J connectivity index is 1.94. The molecule has 23 heavy (non-hydrogen) atoms. The van der Waals surface area contributed by atoms with Gasteiger partial charge in [0.1, 0.15) is 28.9 Å². The molecule has 0 radical (unpaired) electrons. The number of nitrogens with one attached hydrogen (secondary N) is 1. The zero-order valence-corrected chi connectivity index (χ0v) is 12.7. The SMILES string of the molecule is Nc1nc(Cl)c(-c2ncco2)c(N[C@@H]2C[C@H](CO)[C@@H](O)[C@H]2O)n1. The first-order valence-electron chi connectivity index (χ1n) is 6.97. The number of nitrogen functional groups attached to an aromatic ring is 1. The van der Waals surface area contributed by atoms with E-state index in [4.69, 9.17) is 21.8 Å². The number of hydrogen-bond acceptors (Lipinski definition) is 9. The van der Waals surface area contributed by atoms with Crippen LogP contribution in [0.25, 0.3) is 11.5 Å². The van der Waals surface area contributed by atoms with Crippen LogP contribution in [0.15, 0.2) is 16.9 Å². The van der Waals surface area contributed by atoms with E-state index in [1.54, 1.807) is 0 Å². The van der Waals surface area contributed by atoms with Crippen molar-refractivity contribution in [3.8, 4) is 11.5 Å². The highest BCUT2D eigenvalue weighted by Crippen LogP contribution is 2.35. The average Bonchev–Trinajstić information content (AvgIpc) is 3.11. The molecule has 124 valence electrons. The number of halogens is 1. The van der Waals surface area contributed by atoms with Crippen molar-refractivity contribution in [3.63, 3.8) is 0 Å². The number of oxazole rings is 1. The van der Waals surface area contributed by atoms with E-state index in [-0.39, 0.29) is 29.4 Å². The van der Waals surface area contributed by atoms with Crippen LogP contribution in [0.3, 0.4) is 0 Å². The van der Waals surface area contributed by atoms with Crippen molar-refractivity contribution in [3.05, 3.63) is 17.6 Å². The number of anilines is 2. The molecule has 0 saturated heterocycles. The van der Waals surface area contributed by atoms with Crippen molar-refractivity contribution >= 4 is 23.4 Å². The monoisotopic (exact) mass is 341 g/mol. The lowest BCUT2D eigenvalue weighted by molar-refractivity contribution is 0.00446. The normalized spacial score (nSPS) is 27.3. The van der Waals surface area contributed by atoms with E-state index < -0.39 is 24.2 Å². The summed E-state index contributed by atoms with van der Waals surface area (Å²) in [6, 6.07) is -0.541. The van der Waals surface area contributed by atoms with Crippen LogP contribution >= 0.6 is 11.6 Å². The summed E-state index contributed by atoms with van der Waals surface area (Å²) in [7, 11) is 0. The second kappa shape index (κ2) is 6.28. The quantitative estimate of drug-likeness (QED) is 0.479. The molecule has 1 aliphatic carbocycles. The van der Waals surface area contributed by atoms with E-state index in [0.717, 1.165) is 0 Å². The van der Waals surface area contributed by atoms with Crippen molar-refractivity contribution in [2.75, 3.05) is 17.7 Å². The molecule has 0 aliphatic heterocycles. The number of nitrogens with zero attached hydrogens (tertiary/aromatic N) is 3. The Morgan fingerprint density at radius 3 is 2.74 bits per heavy atom. The van der Waals surface area contributed by atoms with Gasteiger partial charge in [-0.3, -0.25) is 0 Å². The van der Waals surface area contributed by atoms with Crippen LogP contribution in [-0.4, -0.2) is 55.1 Å². The van der Waals surface area contributed by atoms with Gasteiger partial charge in [-0.05, 0) is 6.42 Å². The third kappa shape index (κ3) is 2.95. The fraction of sp³-hybridized carbons (Fsp3) is 0.462. The van der Waals surface area contributed by atoms with Gasteiger partial charge in [0.25, 0.3) is 0 Å². The van der Waals surface area contributed by atoms with Crippen molar-refractivity contribution in [1.82, 2.24) is 15.0 Å². The van der Waals surface area contributed by atoms with E-state index in [9.17, 15) is 15.3 Å². The lowest BCUT2D eigenvalue weighted by atomic mass is 10.1. The Kier molecular flexibility index (Phi) is 4.35. The summed E-state index contributed by atoms with van der Waals surface area (Å²) in [6.45, 7) is -0.227. The highest BCUT2D eigenvalue weighted by molar-refractivity contribution is 6.32.